The van der Waals surface area contributed by atoms with Crippen LogP contribution < -0.4 is 4.74 Å². The Balaban J connectivity index is 1.92. The average molecular weight is 298 g/mol. The molecule has 0 aromatic heterocycles. The topological polar surface area (TPSA) is 63.6 Å². The largest absolute Gasteiger partial charge is 0.489 e. The fraction of sp³-hybridized carbons (Fsp3) is 0.222. The van der Waals surface area contributed by atoms with E-state index < -0.39 is 11.8 Å². The number of carboxylic acids is 1. The normalized spacial score (nSPS) is 10.2. The van der Waals surface area contributed by atoms with Gasteiger partial charge in [0.05, 0.1) is 0 Å². The Labute approximate surface area is 129 Å². The van der Waals surface area contributed by atoms with Crippen LogP contribution in [-0.4, -0.2) is 16.9 Å². The molecular weight excluding hydrogens is 280 g/mol. The summed E-state index contributed by atoms with van der Waals surface area (Å²) >= 11 is 0. The zero-order valence-electron chi connectivity index (χ0n) is 12.4. The molecule has 0 bridgehead atoms. The monoisotopic (exact) mass is 298 g/mol. The second-order valence-electron chi connectivity index (χ2n) is 5.15. The highest BCUT2D eigenvalue weighted by Gasteiger charge is 2.11. The van der Waals surface area contributed by atoms with Crippen molar-refractivity contribution in [2.45, 2.75) is 26.4 Å². The quantitative estimate of drug-likeness (QED) is 0.797. The van der Waals surface area contributed by atoms with E-state index in [1.807, 2.05) is 55.5 Å². The first-order chi connectivity index (χ1) is 10.5. The Morgan fingerprint density at radius 2 is 1.77 bits per heavy atom. The number of carboxylic acid groups (broad SMARTS) is 1. The van der Waals surface area contributed by atoms with Gasteiger partial charge in [0.2, 0.25) is 5.78 Å². The fourth-order valence-corrected chi connectivity index (χ4v) is 2.01. The molecule has 114 valence electrons. The summed E-state index contributed by atoms with van der Waals surface area (Å²) in [5, 5.41) is 8.57. The Hall–Kier alpha value is -2.62. The van der Waals surface area contributed by atoms with E-state index >= 15 is 0 Å². The molecule has 0 aliphatic carbocycles. The summed E-state index contributed by atoms with van der Waals surface area (Å²) < 4.78 is 5.73. The molecule has 0 fully saturated rings. The van der Waals surface area contributed by atoms with Crippen molar-refractivity contribution in [3.8, 4) is 5.75 Å². The Morgan fingerprint density at radius 1 is 1.05 bits per heavy atom. The molecule has 2 rings (SSSR count). The number of aliphatic carboxylic acids is 1. The number of aryl methyl sites for hydroxylation is 2. The SMILES string of the molecule is Cc1ccc(COc2cccc(CCC(=O)C(=O)O)c2)cc1. The molecule has 0 aliphatic heterocycles. The molecule has 4 nitrogen and oxygen atoms in total. The van der Waals surface area contributed by atoms with E-state index in [1.54, 1.807) is 0 Å². The van der Waals surface area contributed by atoms with E-state index in [2.05, 4.69) is 0 Å². The van der Waals surface area contributed by atoms with Gasteiger partial charge in [0.25, 0.3) is 0 Å². The Kier molecular flexibility index (Phi) is 5.31. The highest BCUT2D eigenvalue weighted by molar-refractivity contribution is 6.32. The lowest BCUT2D eigenvalue weighted by Gasteiger charge is -2.08. The van der Waals surface area contributed by atoms with Crippen molar-refractivity contribution in [3.63, 3.8) is 0 Å². The van der Waals surface area contributed by atoms with Gasteiger partial charge in [-0.1, -0.05) is 42.0 Å². The van der Waals surface area contributed by atoms with Crippen molar-refractivity contribution >= 4 is 11.8 Å². The highest BCUT2D eigenvalue weighted by atomic mass is 16.5. The predicted octanol–water partition coefficient (Wildman–Crippen LogP) is 3.16. The van der Waals surface area contributed by atoms with Crippen molar-refractivity contribution < 1.29 is 19.4 Å². The molecule has 0 atom stereocenters. The number of hydrogen-bond donors (Lipinski definition) is 1. The smallest absolute Gasteiger partial charge is 0.372 e. The molecule has 0 aliphatic rings. The highest BCUT2D eigenvalue weighted by Crippen LogP contribution is 2.16. The minimum absolute atomic E-state index is 0.00323. The molecule has 0 unspecified atom stereocenters. The molecular formula is C18H18O4. The Bertz CT molecular complexity index is 659. The molecule has 2 aromatic carbocycles. The van der Waals surface area contributed by atoms with Crippen LogP contribution in [0.25, 0.3) is 0 Å². The number of rotatable bonds is 7. The summed E-state index contributed by atoms with van der Waals surface area (Å²) in [5.41, 5.74) is 3.17. The first-order valence-electron chi connectivity index (χ1n) is 7.08. The maximum Gasteiger partial charge on any atom is 0.372 e. The zero-order valence-corrected chi connectivity index (χ0v) is 12.4. The third-order valence-electron chi connectivity index (χ3n) is 3.30. The summed E-state index contributed by atoms with van der Waals surface area (Å²) in [6, 6.07) is 15.5. The van der Waals surface area contributed by atoms with Crippen LogP contribution in [0, 0.1) is 6.92 Å². The lowest BCUT2D eigenvalue weighted by molar-refractivity contribution is -0.149. The second-order valence-corrected chi connectivity index (χ2v) is 5.15. The zero-order chi connectivity index (χ0) is 15.9. The maximum atomic E-state index is 11.1. The van der Waals surface area contributed by atoms with Crippen LogP contribution in [0.4, 0.5) is 0 Å². The van der Waals surface area contributed by atoms with Gasteiger partial charge >= 0.3 is 5.97 Å². The first-order valence-corrected chi connectivity index (χ1v) is 7.08. The molecule has 2 aromatic rings. The summed E-state index contributed by atoms with van der Waals surface area (Å²) in [4.78, 5) is 21.6. The van der Waals surface area contributed by atoms with Crippen molar-refractivity contribution in [1.29, 1.82) is 0 Å². The van der Waals surface area contributed by atoms with Crippen molar-refractivity contribution in [2.75, 3.05) is 0 Å². The van der Waals surface area contributed by atoms with E-state index in [4.69, 9.17) is 9.84 Å². The van der Waals surface area contributed by atoms with E-state index in [0.29, 0.717) is 18.8 Å². The van der Waals surface area contributed by atoms with Crippen LogP contribution in [0.3, 0.4) is 0 Å². The lowest BCUT2D eigenvalue weighted by atomic mass is 10.1. The second kappa shape index (κ2) is 7.41. The van der Waals surface area contributed by atoms with Gasteiger partial charge in [0.15, 0.2) is 0 Å². The van der Waals surface area contributed by atoms with Crippen molar-refractivity contribution in [3.05, 3.63) is 65.2 Å². The number of benzene rings is 2. The molecule has 0 saturated carbocycles. The van der Waals surface area contributed by atoms with E-state index in [9.17, 15) is 9.59 Å². The molecule has 22 heavy (non-hydrogen) atoms. The summed E-state index contributed by atoms with van der Waals surface area (Å²) in [5.74, 6) is -1.45. The Morgan fingerprint density at radius 3 is 2.45 bits per heavy atom. The van der Waals surface area contributed by atoms with Gasteiger partial charge < -0.3 is 9.84 Å². The lowest BCUT2D eigenvalue weighted by Crippen LogP contribution is -2.12. The molecule has 1 N–H and O–H groups in total. The number of ether oxygens (including phenoxy) is 1. The fourth-order valence-electron chi connectivity index (χ4n) is 2.01. The average Bonchev–Trinajstić information content (AvgIpc) is 2.52. The first kappa shape index (κ1) is 15.8. The maximum absolute atomic E-state index is 11.1. The summed E-state index contributed by atoms with van der Waals surface area (Å²) in [6.45, 7) is 2.50. The molecule has 4 heteroatoms. The number of Topliss-reactive ketones (excluding diaryl/α,β-unsaturated/α-hetero) is 1. The number of hydrogen-bond acceptors (Lipinski definition) is 3. The van der Waals surface area contributed by atoms with Gasteiger partial charge in [-0.3, -0.25) is 4.79 Å². The van der Waals surface area contributed by atoms with E-state index in [-0.39, 0.29) is 6.42 Å². The molecule has 0 amide bonds. The standard InChI is InChI=1S/C18H18O4/c1-13-5-7-15(8-6-13)12-22-16-4-2-3-14(11-16)9-10-17(19)18(20)21/h2-8,11H,9-10,12H2,1H3,(H,20,21). The van der Waals surface area contributed by atoms with Crippen LogP contribution >= 0.6 is 0 Å². The van der Waals surface area contributed by atoms with Gasteiger partial charge in [0.1, 0.15) is 12.4 Å². The van der Waals surface area contributed by atoms with E-state index in [1.165, 1.54) is 5.56 Å². The summed E-state index contributed by atoms with van der Waals surface area (Å²) in [6.07, 6.45) is 0.392. The van der Waals surface area contributed by atoms with Gasteiger partial charge in [-0.15, -0.1) is 0 Å². The number of carbonyl (C=O) groups excluding carboxylic acids is 1. The van der Waals surface area contributed by atoms with Crippen LogP contribution in [0.15, 0.2) is 48.5 Å². The van der Waals surface area contributed by atoms with Gasteiger partial charge in [-0.25, -0.2) is 4.79 Å². The van der Waals surface area contributed by atoms with Crippen molar-refractivity contribution in [1.82, 2.24) is 0 Å². The van der Waals surface area contributed by atoms with Gasteiger partial charge in [-0.05, 0) is 36.6 Å². The van der Waals surface area contributed by atoms with Crippen molar-refractivity contribution in [2.24, 2.45) is 0 Å². The number of ketones is 1. The molecule has 0 saturated heterocycles. The third-order valence-corrected chi connectivity index (χ3v) is 3.30. The van der Waals surface area contributed by atoms with Crippen LogP contribution in [0.2, 0.25) is 0 Å². The van der Waals surface area contributed by atoms with Gasteiger partial charge in [0, 0.05) is 6.42 Å². The van der Waals surface area contributed by atoms with Gasteiger partial charge in [-0.2, -0.15) is 0 Å². The molecule has 0 heterocycles. The number of carbonyl (C=O) groups is 2. The van der Waals surface area contributed by atoms with Crippen LogP contribution in [0.5, 0.6) is 5.75 Å². The molecule has 0 radical (unpaired) electrons. The van der Waals surface area contributed by atoms with Crippen LogP contribution in [0.1, 0.15) is 23.1 Å². The minimum atomic E-state index is -1.38. The van der Waals surface area contributed by atoms with E-state index in [0.717, 1.165) is 11.1 Å². The third kappa shape index (κ3) is 4.74. The van der Waals surface area contributed by atoms with Crippen LogP contribution in [-0.2, 0) is 22.6 Å². The summed E-state index contributed by atoms with van der Waals surface area (Å²) in [7, 11) is 0. The minimum Gasteiger partial charge on any atom is -0.489 e. The molecule has 0 spiro atoms. The predicted molar refractivity (Wildman–Crippen MR) is 82.9 cm³/mol.